The molecule has 0 saturated carbocycles. The van der Waals surface area contributed by atoms with E-state index >= 15 is 0 Å². The summed E-state index contributed by atoms with van der Waals surface area (Å²) >= 11 is 0. The van der Waals surface area contributed by atoms with Crippen molar-refractivity contribution in [2.45, 2.75) is 57.3 Å². The Hall–Kier alpha value is -3.96. The molecule has 2 rings (SSSR count). The maximum Gasteiger partial charge on any atom is 0.411 e. The highest BCUT2D eigenvalue weighted by Crippen LogP contribution is 2.56. The van der Waals surface area contributed by atoms with E-state index in [9.17, 15) is 46.1 Å². The van der Waals surface area contributed by atoms with E-state index in [0.717, 1.165) is 60.7 Å². The van der Waals surface area contributed by atoms with Gasteiger partial charge < -0.3 is 19.7 Å². The number of ether oxygens (including phenoxy) is 2. The SMILES string of the molecule is CC=C(O)C(=O)OCCCc1ccc(C(c2ccc(CCCOC(=O)C(O)=CC)cc2)(C(F)(F)F)C(F)(F)F)cc1. The van der Waals surface area contributed by atoms with E-state index in [1.54, 1.807) is 0 Å². The molecular formula is C29H30F6O6. The first-order chi connectivity index (χ1) is 19.2. The van der Waals surface area contributed by atoms with Gasteiger partial charge in [-0.1, -0.05) is 48.5 Å². The van der Waals surface area contributed by atoms with Gasteiger partial charge in [0, 0.05) is 0 Å². The van der Waals surface area contributed by atoms with E-state index in [2.05, 4.69) is 0 Å². The number of aryl methyl sites for hydroxylation is 2. The Labute approximate surface area is 232 Å². The number of hydrogen-bond acceptors (Lipinski definition) is 6. The highest BCUT2D eigenvalue weighted by atomic mass is 19.4. The third kappa shape index (κ3) is 8.05. The van der Waals surface area contributed by atoms with Crippen molar-refractivity contribution < 1.29 is 55.6 Å². The molecule has 0 unspecified atom stereocenters. The molecule has 0 aliphatic carbocycles. The molecule has 0 spiro atoms. The van der Waals surface area contributed by atoms with Crippen LogP contribution >= 0.6 is 0 Å². The summed E-state index contributed by atoms with van der Waals surface area (Å²) in [6, 6.07) is 7.80. The van der Waals surface area contributed by atoms with E-state index in [0.29, 0.717) is 11.1 Å². The second-order valence-corrected chi connectivity index (χ2v) is 8.97. The molecule has 0 fully saturated rings. The van der Waals surface area contributed by atoms with E-state index in [-0.39, 0.29) is 38.9 Å². The molecule has 0 radical (unpaired) electrons. The summed E-state index contributed by atoms with van der Waals surface area (Å²) in [5, 5.41) is 18.5. The van der Waals surface area contributed by atoms with Gasteiger partial charge in [-0.2, -0.15) is 26.3 Å². The molecule has 2 N–H and O–H groups in total. The Morgan fingerprint density at radius 1 is 0.659 bits per heavy atom. The summed E-state index contributed by atoms with van der Waals surface area (Å²) in [6.45, 7) is 2.63. The first-order valence-corrected chi connectivity index (χ1v) is 12.6. The van der Waals surface area contributed by atoms with E-state index in [1.165, 1.54) is 13.8 Å². The molecule has 0 bridgehead atoms. The van der Waals surface area contributed by atoms with Crippen molar-refractivity contribution in [2.75, 3.05) is 13.2 Å². The van der Waals surface area contributed by atoms with E-state index < -0.39 is 52.4 Å². The van der Waals surface area contributed by atoms with Gasteiger partial charge in [-0.3, -0.25) is 0 Å². The van der Waals surface area contributed by atoms with Crippen LogP contribution in [0.15, 0.2) is 72.2 Å². The fraction of sp³-hybridized carbons (Fsp3) is 0.379. The van der Waals surface area contributed by atoms with Crippen molar-refractivity contribution in [3.63, 3.8) is 0 Å². The molecule has 12 heteroatoms. The molecule has 0 amide bonds. The number of hydrogen-bond donors (Lipinski definition) is 2. The lowest BCUT2D eigenvalue weighted by atomic mass is 9.72. The molecule has 224 valence electrons. The minimum absolute atomic E-state index is 0.111. The van der Waals surface area contributed by atoms with Crippen molar-refractivity contribution in [1.82, 2.24) is 0 Å². The predicted octanol–water partition coefficient (Wildman–Crippen LogP) is 6.97. The third-order valence-electron chi connectivity index (χ3n) is 6.28. The van der Waals surface area contributed by atoms with Gasteiger partial charge in [0.2, 0.25) is 5.41 Å². The molecule has 0 saturated heterocycles. The van der Waals surface area contributed by atoms with Crippen LogP contribution in [-0.2, 0) is 37.3 Å². The normalized spacial score (nSPS) is 13.2. The standard InChI is InChI=1S/C29H30F6O6/c1-3-23(36)25(38)40-17-5-7-19-9-13-21(14-10-19)27(28(30,31)32,29(33,34)35)22-15-11-20(12-16-22)8-6-18-41-26(39)24(37)4-2/h3-4,9-16,36-37H,5-8,17-18H2,1-2H3. The molecule has 0 heterocycles. The van der Waals surface area contributed by atoms with Crippen LogP contribution in [0, 0.1) is 0 Å². The van der Waals surface area contributed by atoms with Crippen LogP contribution in [-0.4, -0.2) is 47.7 Å². The van der Waals surface area contributed by atoms with E-state index in [4.69, 9.17) is 9.47 Å². The number of rotatable bonds is 12. The van der Waals surface area contributed by atoms with Crippen molar-refractivity contribution in [2.24, 2.45) is 0 Å². The minimum Gasteiger partial charge on any atom is -0.502 e. The van der Waals surface area contributed by atoms with Crippen molar-refractivity contribution in [3.8, 4) is 0 Å². The molecule has 2 aromatic rings. The Bertz CT molecular complexity index is 1130. The molecular weight excluding hydrogens is 558 g/mol. The summed E-state index contributed by atoms with van der Waals surface area (Å²) in [7, 11) is 0. The zero-order valence-electron chi connectivity index (χ0n) is 22.3. The van der Waals surface area contributed by atoms with Crippen molar-refractivity contribution >= 4 is 11.9 Å². The quantitative estimate of drug-likeness (QED) is 0.0915. The monoisotopic (exact) mass is 588 g/mol. The smallest absolute Gasteiger partial charge is 0.411 e. The Morgan fingerprint density at radius 3 is 1.24 bits per heavy atom. The highest BCUT2D eigenvalue weighted by molar-refractivity contribution is 5.85. The summed E-state index contributed by atoms with van der Waals surface area (Å²) < 4.78 is 96.1. The topological polar surface area (TPSA) is 93.1 Å². The molecule has 0 aliphatic rings. The Kier molecular flexibility index (Phi) is 11.4. The lowest BCUT2D eigenvalue weighted by molar-refractivity contribution is -0.288. The fourth-order valence-corrected chi connectivity index (χ4v) is 4.09. The number of aliphatic hydroxyl groups excluding tert-OH is 2. The van der Waals surface area contributed by atoms with Crippen LogP contribution in [0.3, 0.4) is 0 Å². The summed E-state index contributed by atoms with van der Waals surface area (Å²) in [6.07, 6.45) is -8.34. The number of esters is 2. The average molecular weight is 589 g/mol. The van der Waals surface area contributed by atoms with Crippen LogP contribution < -0.4 is 0 Å². The molecule has 6 nitrogen and oxygen atoms in total. The van der Waals surface area contributed by atoms with Gasteiger partial charge in [-0.15, -0.1) is 0 Å². The molecule has 2 aromatic carbocycles. The summed E-state index contributed by atoms with van der Waals surface area (Å²) in [4.78, 5) is 22.9. The van der Waals surface area contributed by atoms with Crippen LogP contribution in [0.4, 0.5) is 26.3 Å². The first-order valence-electron chi connectivity index (χ1n) is 12.6. The second kappa shape index (κ2) is 14.1. The second-order valence-electron chi connectivity index (χ2n) is 8.97. The van der Waals surface area contributed by atoms with Crippen molar-refractivity contribution in [3.05, 3.63) is 94.5 Å². The van der Waals surface area contributed by atoms with Crippen molar-refractivity contribution in [1.29, 1.82) is 0 Å². The highest BCUT2D eigenvalue weighted by Gasteiger charge is 2.72. The lowest BCUT2D eigenvalue weighted by Crippen LogP contribution is -2.54. The number of aliphatic hydroxyl groups is 2. The van der Waals surface area contributed by atoms with Crippen LogP contribution in [0.2, 0.25) is 0 Å². The summed E-state index contributed by atoms with van der Waals surface area (Å²) in [5.41, 5.74) is -5.45. The van der Waals surface area contributed by atoms with E-state index in [1.807, 2.05) is 0 Å². The van der Waals surface area contributed by atoms with Gasteiger partial charge in [0.15, 0.2) is 11.5 Å². The largest absolute Gasteiger partial charge is 0.502 e. The van der Waals surface area contributed by atoms with Crippen LogP contribution in [0.1, 0.15) is 48.9 Å². The maximum atomic E-state index is 14.4. The van der Waals surface area contributed by atoms with Gasteiger partial charge in [-0.25, -0.2) is 9.59 Å². The zero-order valence-corrected chi connectivity index (χ0v) is 22.3. The predicted molar refractivity (Wildman–Crippen MR) is 137 cm³/mol. The van der Waals surface area contributed by atoms with Gasteiger partial charge in [0.05, 0.1) is 13.2 Å². The lowest BCUT2D eigenvalue weighted by Gasteiger charge is -2.38. The van der Waals surface area contributed by atoms with Gasteiger partial charge >= 0.3 is 24.3 Å². The fourth-order valence-electron chi connectivity index (χ4n) is 4.09. The number of carbonyl (C=O) groups is 2. The molecule has 41 heavy (non-hydrogen) atoms. The third-order valence-corrected chi connectivity index (χ3v) is 6.28. The van der Waals surface area contributed by atoms with Gasteiger partial charge in [0.25, 0.3) is 0 Å². The molecule has 0 aromatic heterocycles. The zero-order chi connectivity index (χ0) is 30.8. The Morgan fingerprint density at radius 2 is 0.976 bits per heavy atom. The van der Waals surface area contributed by atoms with Crippen LogP contribution in [0.25, 0.3) is 0 Å². The van der Waals surface area contributed by atoms with Gasteiger partial charge in [0.1, 0.15) is 0 Å². The number of halogens is 6. The first kappa shape index (κ1) is 33.2. The summed E-state index contributed by atoms with van der Waals surface area (Å²) in [5.74, 6) is -3.04. The number of alkyl halides is 6. The molecule has 0 aliphatic heterocycles. The number of benzene rings is 2. The number of allylic oxidation sites excluding steroid dienone is 2. The molecule has 0 atom stereocenters. The van der Waals surface area contributed by atoms with Gasteiger partial charge in [-0.05, 0) is 73.9 Å². The maximum absolute atomic E-state index is 14.4. The minimum atomic E-state index is -5.74. The Balaban J connectivity index is 2.24. The average Bonchev–Trinajstić information content (AvgIpc) is 2.92. The van der Waals surface area contributed by atoms with Crippen LogP contribution in [0.5, 0.6) is 0 Å². The number of carbonyl (C=O) groups excluding carboxylic acids is 2.